The highest BCUT2D eigenvalue weighted by molar-refractivity contribution is 7.86. The SMILES string of the molecule is Nc1ccc(N=NOS(=O)(=O)c2ccccc2)cc1. The first-order valence-corrected chi connectivity index (χ1v) is 6.74. The highest BCUT2D eigenvalue weighted by atomic mass is 32.2. The third kappa shape index (κ3) is 3.52. The van der Waals surface area contributed by atoms with Gasteiger partial charge in [-0.2, -0.15) is 8.42 Å². The molecule has 2 aromatic carbocycles. The number of hydrogen-bond acceptors (Lipinski definition) is 6. The Labute approximate surface area is 110 Å². The average Bonchev–Trinajstić information content (AvgIpc) is 2.42. The number of nitrogens with two attached hydrogens (primary N) is 1. The molecule has 0 saturated carbocycles. The zero-order chi connectivity index (χ0) is 13.7. The molecule has 0 amide bonds. The van der Waals surface area contributed by atoms with Crippen molar-refractivity contribution in [2.45, 2.75) is 4.90 Å². The van der Waals surface area contributed by atoms with Gasteiger partial charge in [0.15, 0.2) is 0 Å². The second-order valence-electron chi connectivity index (χ2n) is 3.61. The minimum Gasteiger partial charge on any atom is -0.399 e. The summed E-state index contributed by atoms with van der Waals surface area (Å²) in [5.74, 6) is 0. The van der Waals surface area contributed by atoms with Crippen LogP contribution in [0.25, 0.3) is 0 Å². The lowest BCUT2D eigenvalue weighted by Crippen LogP contribution is -2.01. The van der Waals surface area contributed by atoms with Gasteiger partial charge in [-0.3, -0.25) is 0 Å². The Morgan fingerprint density at radius 2 is 1.58 bits per heavy atom. The van der Waals surface area contributed by atoms with E-state index < -0.39 is 10.1 Å². The fourth-order valence-electron chi connectivity index (χ4n) is 1.28. The third-order valence-electron chi connectivity index (χ3n) is 2.21. The summed E-state index contributed by atoms with van der Waals surface area (Å²) in [6, 6.07) is 14.1. The summed E-state index contributed by atoms with van der Waals surface area (Å²) < 4.78 is 27.8. The molecule has 0 atom stereocenters. The van der Waals surface area contributed by atoms with Gasteiger partial charge < -0.3 is 5.73 Å². The molecule has 0 aromatic heterocycles. The number of hydrogen-bond donors (Lipinski definition) is 1. The summed E-state index contributed by atoms with van der Waals surface area (Å²) in [5.41, 5.74) is 6.52. The van der Waals surface area contributed by atoms with Crippen LogP contribution in [0.2, 0.25) is 0 Å². The normalized spacial score (nSPS) is 11.6. The highest BCUT2D eigenvalue weighted by Crippen LogP contribution is 2.16. The Bertz CT molecular complexity index is 667. The molecule has 2 N–H and O–H groups in total. The van der Waals surface area contributed by atoms with E-state index in [1.54, 1.807) is 42.5 Å². The van der Waals surface area contributed by atoms with Crippen LogP contribution in [0, 0.1) is 0 Å². The fraction of sp³-hybridized carbons (Fsp3) is 0. The van der Waals surface area contributed by atoms with E-state index in [0.29, 0.717) is 11.4 Å². The van der Waals surface area contributed by atoms with Crippen LogP contribution in [-0.2, 0) is 14.4 Å². The van der Waals surface area contributed by atoms with Gasteiger partial charge in [0.1, 0.15) is 4.90 Å². The standard InChI is InChI=1S/C12H11N3O3S/c13-10-6-8-11(9-7-10)14-15-18-19(16,17)12-4-2-1-3-5-12/h1-9H,13H2. The van der Waals surface area contributed by atoms with Gasteiger partial charge in [-0.15, -0.1) is 5.11 Å². The lowest BCUT2D eigenvalue weighted by Gasteiger charge is -1.99. The van der Waals surface area contributed by atoms with E-state index in [1.165, 1.54) is 12.1 Å². The van der Waals surface area contributed by atoms with Crippen molar-refractivity contribution in [1.82, 2.24) is 0 Å². The molecular formula is C12H11N3O3S. The molecule has 0 unspecified atom stereocenters. The van der Waals surface area contributed by atoms with Gasteiger partial charge >= 0.3 is 10.1 Å². The molecule has 2 aromatic rings. The van der Waals surface area contributed by atoms with Gasteiger partial charge in [-0.05, 0) is 36.4 Å². The van der Waals surface area contributed by atoms with Gasteiger partial charge in [0, 0.05) is 11.0 Å². The molecule has 0 aliphatic carbocycles. The molecule has 2 rings (SSSR count). The second-order valence-corrected chi connectivity index (χ2v) is 5.14. The van der Waals surface area contributed by atoms with Gasteiger partial charge in [0.2, 0.25) is 0 Å². The van der Waals surface area contributed by atoms with Crippen LogP contribution >= 0.6 is 0 Å². The maximum Gasteiger partial charge on any atom is 0.359 e. The maximum absolute atomic E-state index is 11.7. The summed E-state index contributed by atoms with van der Waals surface area (Å²) in [6.07, 6.45) is 0. The molecule has 0 heterocycles. The summed E-state index contributed by atoms with van der Waals surface area (Å²) in [4.78, 5) is 0.0197. The lowest BCUT2D eigenvalue weighted by molar-refractivity contribution is 0.314. The average molecular weight is 277 g/mol. The number of anilines is 1. The van der Waals surface area contributed by atoms with E-state index in [4.69, 9.17) is 5.73 Å². The van der Waals surface area contributed by atoms with E-state index in [0.717, 1.165) is 0 Å². The number of rotatable bonds is 4. The van der Waals surface area contributed by atoms with Crippen LogP contribution < -0.4 is 5.73 Å². The molecular weight excluding hydrogens is 266 g/mol. The summed E-state index contributed by atoms with van der Waals surface area (Å²) in [5, 5.41) is 6.84. The van der Waals surface area contributed by atoms with E-state index >= 15 is 0 Å². The van der Waals surface area contributed by atoms with Crippen LogP contribution in [0.3, 0.4) is 0 Å². The Kier molecular flexibility index (Phi) is 3.76. The van der Waals surface area contributed by atoms with Crippen LogP contribution in [0.4, 0.5) is 11.4 Å². The van der Waals surface area contributed by atoms with Crippen molar-refractivity contribution >= 4 is 21.5 Å². The Balaban J connectivity index is 2.08. The van der Waals surface area contributed by atoms with Gasteiger partial charge in [0.05, 0.1) is 5.69 Å². The highest BCUT2D eigenvalue weighted by Gasteiger charge is 2.14. The summed E-state index contributed by atoms with van der Waals surface area (Å²) in [7, 11) is -3.92. The Hall–Kier alpha value is -2.41. The molecule has 7 heteroatoms. The topological polar surface area (TPSA) is 94.1 Å². The number of nitrogen functional groups attached to an aromatic ring is 1. The molecule has 0 saturated heterocycles. The van der Waals surface area contributed by atoms with Crippen molar-refractivity contribution < 1.29 is 12.7 Å². The summed E-state index contributed by atoms with van der Waals surface area (Å²) >= 11 is 0. The molecule has 19 heavy (non-hydrogen) atoms. The largest absolute Gasteiger partial charge is 0.399 e. The molecule has 0 spiro atoms. The first-order valence-electron chi connectivity index (χ1n) is 5.33. The minimum absolute atomic E-state index is 0.0197. The quantitative estimate of drug-likeness (QED) is 0.528. The second kappa shape index (κ2) is 5.49. The molecule has 6 nitrogen and oxygen atoms in total. The molecule has 0 fully saturated rings. The van der Waals surface area contributed by atoms with E-state index in [9.17, 15) is 8.42 Å². The van der Waals surface area contributed by atoms with E-state index in [2.05, 4.69) is 14.7 Å². The van der Waals surface area contributed by atoms with E-state index in [1.807, 2.05) is 0 Å². The third-order valence-corrected chi connectivity index (χ3v) is 3.33. The minimum atomic E-state index is -3.92. The van der Waals surface area contributed by atoms with Crippen LogP contribution in [-0.4, -0.2) is 8.42 Å². The lowest BCUT2D eigenvalue weighted by atomic mass is 10.3. The Morgan fingerprint density at radius 1 is 0.947 bits per heavy atom. The summed E-state index contributed by atoms with van der Waals surface area (Å²) in [6.45, 7) is 0. The van der Waals surface area contributed by atoms with Gasteiger partial charge in [0.25, 0.3) is 0 Å². The number of benzene rings is 2. The van der Waals surface area contributed by atoms with Crippen LogP contribution in [0.1, 0.15) is 0 Å². The molecule has 0 radical (unpaired) electrons. The zero-order valence-electron chi connectivity index (χ0n) is 9.80. The monoisotopic (exact) mass is 277 g/mol. The van der Waals surface area contributed by atoms with Crippen LogP contribution in [0.5, 0.6) is 0 Å². The molecule has 0 bridgehead atoms. The fourth-order valence-corrected chi connectivity index (χ4v) is 1.98. The van der Waals surface area contributed by atoms with Crippen molar-refractivity contribution in [2.75, 3.05) is 5.73 Å². The predicted octanol–water partition coefficient (Wildman–Crippen LogP) is 2.67. The van der Waals surface area contributed by atoms with Crippen molar-refractivity contribution in [3.8, 4) is 0 Å². The first kappa shape index (κ1) is 13.0. The maximum atomic E-state index is 11.7. The van der Waals surface area contributed by atoms with Crippen molar-refractivity contribution in [2.24, 2.45) is 10.4 Å². The number of nitrogens with zero attached hydrogens (tertiary/aromatic N) is 2. The zero-order valence-corrected chi connectivity index (χ0v) is 10.6. The molecule has 0 aliphatic heterocycles. The van der Waals surface area contributed by atoms with Gasteiger partial charge in [-0.25, -0.2) is 4.28 Å². The smallest absolute Gasteiger partial charge is 0.359 e. The van der Waals surface area contributed by atoms with Gasteiger partial charge in [-0.1, -0.05) is 18.2 Å². The Morgan fingerprint density at radius 3 is 2.21 bits per heavy atom. The van der Waals surface area contributed by atoms with Crippen molar-refractivity contribution in [3.63, 3.8) is 0 Å². The predicted molar refractivity (Wildman–Crippen MR) is 70.1 cm³/mol. The molecule has 0 aliphatic rings. The van der Waals surface area contributed by atoms with E-state index in [-0.39, 0.29) is 4.90 Å². The van der Waals surface area contributed by atoms with Crippen molar-refractivity contribution in [1.29, 1.82) is 0 Å². The van der Waals surface area contributed by atoms with Crippen molar-refractivity contribution in [3.05, 3.63) is 54.6 Å². The molecule has 98 valence electrons. The first-order chi connectivity index (χ1) is 9.08. The van der Waals surface area contributed by atoms with Crippen LogP contribution in [0.15, 0.2) is 69.9 Å².